The maximum Gasteiger partial charge on any atom is 0.303 e. The van der Waals surface area contributed by atoms with E-state index in [1.165, 1.54) is 27.5 Å². The van der Waals surface area contributed by atoms with Crippen molar-refractivity contribution in [3.05, 3.63) is 46.9 Å². The molecule has 1 saturated carbocycles. The molecule has 23 heavy (non-hydrogen) atoms. The molecular weight excluding hydrogens is 306 g/mol. The van der Waals surface area contributed by atoms with Crippen LogP contribution < -0.4 is 5.32 Å². The van der Waals surface area contributed by atoms with E-state index in [9.17, 15) is 4.79 Å². The summed E-state index contributed by atoms with van der Waals surface area (Å²) >= 11 is 1.94. The van der Waals surface area contributed by atoms with Gasteiger partial charge >= 0.3 is 5.97 Å². The van der Waals surface area contributed by atoms with E-state index in [1.54, 1.807) is 0 Å². The van der Waals surface area contributed by atoms with Gasteiger partial charge in [-0.1, -0.05) is 31.2 Å². The zero-order valence-electron chi connectivity index (χ0n) is 13.3. The predicted octanol–water partition coefficient (Wildman–Crippen LogP) is 3.52. The number of carbonyl (C=O) groups excluding carboxylic acids is 1. The Bertz CT molecular complexity index is 869. The van der Waals surface area contributed by atoms with E-state index in [-0.39, 0.29) is 23.0 Å². The van der Waals surface area contributed by atoms with Gasteiger partial charge < -0.3 is 10.1 Å². The predicted molar refractivity (Wildman–Crippen MR) is 91.5 cm³/mol. The molecule has 2 heterocycles. The summed E-state index contributed by atoms with van der Waals surface area (Å²) in [5.74, 6) is 0.330. The molecule has 3 nitrogen and oxygen atoms in total. The van der Waals surface area contributed by atoms with Crippen LogP contribution in [0.1, 0.15) is 30.7 Å². The average Bonchev–Trinajstić information content (AvgIpc) is 2.88. The molecule has 2 aliphatic carbocycles. The second-order valence-electron chi connectivity index (χ2n) is 7.03. The molecular formula is C19H19NO2S. The molecule has 3 aliphatic rings. The second kappa shape index (κ2) is 4.25. The zero-order valence-corrected chi connectivity index (χ0v) is 14.1. The highest BCUT2D eigenvalue weighted by Gasteiger charge is 2.77. The van der Waals surface area contributed by atoms with Gasteiger partial charge in [0, 0.05) is 40.4 Å². The maximum absolute atomic E-state index is 11.3. The fraction of sp³-hybridized carbons (Fsp3) is 0.421. The smallest absolute Gasteiger partial charge is 0.303 e. The summed E-state index contributed by atoms with van der Waals surface area (Å²) in [6.45, 7) is 4.72. The monoisotopic (exact) mass is 325 g/mol. The fourth-order valence-corrected chi connectivity index (χ4v) is 6.61. The average molecular weight is 325 g/mol. The van der Waals surface area contributed by atoms with E-state index >= 15 is 0 Å². The Morgan fingerprint density at radius 1 is 1.39 bits per heavy atom. The van der Waals surface area contributed by atoms with E-state index in [0.29, 0.717) is 5.92 Å². The molecule has 1 aliphatic heterocycles. The summed E-state index contributed by atoms with van der Waals surface area (Å²) < 4.78 is 6.84. The zero-order chi connectivity index (χ0) is 15.8. The molecule has 118 valence electrons. The first-order chi connectivity index (χ1) is 11.1. The number of ether oxygens (including phenoxy) is 1. The molecule has 0 amide bonds. The van der Waals surface area contributed by atoms with Crippen molar-refractivity contribution in [2.24, 2.45) is 5.92 Å². The molecule has 5 rings (SSSR count). The quantitative estimate of drug-likeness (QED) is 0.644. The minimum Gasteiger partial charge on any atom is -0.458 e. The lowest BCUT2D eigenvalue weighted by Gasteiger charge is -2.35. The molecule has 1 N–H and O–H groups in total. The van der Waals surface area contributed by atoms with Crippen molar-refractivity contribution in [2.75, 3.05) is 0 Å². The van der Waals surface area contributed by atoms with E-state index in [1.807, 2.05) is 11.3 Å². The van der Waals surface area contributed by atoms with Crippen LogP contribution in [-0.4, -0.2) is 17.6 Å². The van der Waals surface area contributed by atoms with Gasteiger partial charge in [-0.25, -0.2) is 0 Å². The maximum atomic E-state index is 11.3. The lowest BCUT2D eigenvalue weighted by Crippen LogP contribution is -2.46. The molecule has 0 spiro atoms. The number of nitrogens with one attached hydrogen (secondary N) is 1. The van der Waals surface area contributed by atoms with Crippen molar-refractivity contribution < 1.29 is 9.53 Å². The standard InChI is InChI=1S/C19H19NO2S/c1-11-18-8-7-13(22-12(2)21)9-19(11,18)20-10-15-14-5-3-4-6-16(14)23-17(15)18/h3-8,11,13,20H,9-10H2,1-2H3/t11-,13-,18-,19-/m0/s1. The Kier molecular flexibility index (Phi) is 2.54. The number of hydrogen-bond acceptors (Lipinski definition) is 4. The number of esters is 1. The first-order valence-electron chi connectivity index (χ1n) is 8.21. The lowest BCUT2D eigenvalue weighted by molar-refractivity contribution is -0.144. The van der Waals surface area contributed by atoms with E-state index in [4.69, 9.17) is 4.74 Å². The number of carbonyl (C=O) groups is 1. The summed E-state index contributed by atoms with van der Waals surface area (Å²) in [4.78, 5) is 12.8. The first-order valence-corrected chi connectivity index (χ1v) is 9.02. The van der Waals surface area contributed by atoms with Gasteiger partial charge in [0.05, 0.1) is 0 Å². The number of rotatable bonds is 1. The third kappa shape index (κ3) is 1.51. The minimum absolute atomic E-state index is 0.0513. The molecule has 2 aromatic rings. The molecule has 4 atom stereocenters. The van der Waals surface area contributed by atoms with Gasteiger partial charge in [-0.05, 0) is 29.0 Å². The Morgan fingerprint density at radius 2 is 2.22 bits per heavy atom. The lowest BCUT2D eigenvalue weighted by atomic mass is 9.83. The highest BCUT2D eigenvalue weighted by atomic mass is 32.1. The highest BCUT2D eigenvalue weighted by molar-refractivity contribution is 7.19. The van der Waals surface area contributed by atoms with Crippen molar-refractivity contribution in [2.45, 2.75) is 43.9 Å². The van der Waals surface area contributed by atoms with E-state index < -0.39 is 0 Å². The Hall–Kier alpha value is -1.65. The van der Waals surface area contributed by atoms with Gasteiger partial charge in [0.25, 0.3) is 0 Å². The number of hydrogen-bond donors (Lipinski definition) is 1. The van der Waals surface area contributed by atoms with Gasteiger partial charge in [0.15, 0.2) is 0 Å². The fourth-order valence-electron chi connectivity index (χ4n) is 5.04. The topological polar surface area (TPSA) is 38.3 Å². The third-order valence-corrected chi connectivity index (χ3v) is 7.51. The van der Waals surface area contributed by atoms with Crippen molar-refractivity contribution in [1.82, 2.24) is 5.32 Å². The largest absolute Gasteiger partial charge is 0.458 e. The normalized spacial score (nSPS) is 37.0. The summed E-state index contributed by atoms with van der Waals surface area (Å²) in [5, 5.41) is 5.20. The van der Waals surface area contributed by atoms with Crippen LogP contribution in [-0.2, 0) is 21.5 Å². The summed E-state index contributed by atoms with van der Waals surface area (Å²) in [7, 11) is 0. The van der Waals surface area contributed by atoms with Crippen LogP contribution in [0.15, 0.2) is 36.4 Å². The van der Waals surface area contributed by atoms with Crippen molar-refractivity contribution in [1.29, 1.82) is 0 Å². The van der Waals surface area contributed by atoms with Crippen molar-refractivity contribution >= 4 is 27.4 Å². The van der Waals surface area contributed by atoms with Gasteiger partial charge in [-0.2, -0.15) is 0 Å². The van der Waals surface area contributed by atoms with Crippen molar-refractivity contribution in [3.63, 3.8) is 0 Å². The van der Waals surface area contributed by atoms with Crippen LogP contribution in [0.5, 0.6) is 0 Å². The van der Waals surface area contributed by atoms with Crippen LogP contribution >= 0.6 is 11.3 Å². The van der Waals surface area contributed by atoms with Crippen LogP contribution in [0.4, 0.5) is 0 Å². The van der Waals surface area contributed by atoms with Gasteiger partial charge in [-0.3, -0.25) is 4.79 Å². The number of benzene rings is 1. The van der Waals surface area contributed by atoms with Gasteiger partial charge in [0.2, 0.25) is 0 Å². The molecule has 1 aromatic carbocycles. The summed E-state index contributed by atoms with van der Waals surface area (Å²) in [5.41, 5.74) is 1.59. The molecule has 1 aromatic heterocycles. The van der Waals surface area contributed by atoms with E-state index in [2.05, 4.69) is 48.7 Å². The Morgan fingerprint density at radius 3 is 3.04 bits per heavy atom. The Balaban J connectivity index is 1.66. The molecule has 0 saturated heterocycles. The van der Waals surface area contributed by atoms with E-state index in [0.717, 1.165) is 13.0 Å². The molecule has 0 bridgehead atoms. The highest BCUT2D eigenvalue weighted by Crippen LogP contribution is 2.71. The Labute approximate surface area is 139 Å². The SMILES string of the molecule is CC(=O)O[C@H]1C=C[C@]23c4sc5ccccc5c4CN[C@@]2(C1)[C@H]3C. The van der Waals surface area contributed by atoms with Crippen LogP contribution in [0.2, 0.25) is 0 Å². The number of thiophene rings is 1. The van der Waals surface area contributed by atoms with Gasteiger partial charge in [0.1, 0.15) is 6.10 Å². The molecule has 0 unspecified atom stereocenters. The molecule has 1 fully saturated rings. The van der Waals surface area contributed by atoms with Crippen LogP contribution in [0, 0.1) is 5.92 Å². The second-order valence-corrected chi connectivity index (χ2v) is 8.08. The van der Waals surface area contributed by atoms with Gasteiger partial charge in [-0.15, -0.1) is 11.3 Å². The molecule has 4 heteroatoms. The van der Waals surface area contributed by atoms with Crippen LogP contribution in [0.25, 0.3) is 10.1 Å². The van der Waals surface area contributed by atoms with Crippen LogP contribution in [0.3, 0.4) is 0 Å². The molecule has 0 radical (unpaired) electrons. The first kappa shape index (κ1) is 13.8. The number of fused-ring (bicyclic) bond motifs is 3. The summed E-state index contributed by atoms with van der Waals surface area (Å²) in [6, 6.07) is 8.69. The van der Waals surface area contributed by atoms with Crippen molar-refractivity contribution in [3.8, 4) is 0 Å². The summed E-state index contributed by atoms with van der Waals surface area (Å²) in [6.07, 6.45) is 5.19. The minimum atomic E-state index is -0.199. The third-order valence-electron chi connectivity index (χ3n) is 6.15.